The van der Waals surface area contributed by atoms with Gasteiger partial charge in [0, 0.05) is 19.4 Å². The zero-order valence-corrected chi connectivity index (χ0v) is 16.1. The van der Waals surface area contributed by atoms with Crippen LogP contribution in [0.4, 0.5) is 5.69 Å². The van der Waals surface area contributed by atoms with Gasteiger partial charge in [0.05, 0.1) is 24.3 Å². The van der Waals surface area contributed by atoms with Gasteiger partial charge in [-0.1, -0.05) is 49.4 Å². The number of hydrogen-bond donors (Lipinski definition) is 2. The number of benzene rings is 2. The smallest absolute Gasteiger partial charge is 0.306 e. The monoisotopic (exact) mass is 382 g/mol. The van der Waals surface area contributed by atoms with Crippen LogP contribution in [0.1, 0.15) is 42.1 Å². The standard InChI is InChI=1S/C22H26N2O4/c1-2-15-23-22(27)18-10-6-7-11-19(18)24-20(25)12-13-21(26)28-16-14-17-8-4-3-5-9-17/h3-11H,2,12-16H2,1H3,(H,23,27)(H,24,25). The van der Waals surface area contributed by atoms with Crippen molar-refractivity contribution >= 4 is 23.5 Å². The van der Waals surface area contributed by atoms with E-state index < -0.39 is 5.97 Å². The highest BCUT2D eigenvalue weighted by Crippen LogP contribution is 2.15. The topological polar surface area (TPSA) is 84.5 Å². The summed E-state index contributed by atoms with van der Waals surface area (Å²) in [4.78, 5) is 36.1. The molecule has 2 aromatic rings. The molecule has 2 aromatic carbocycles. The highest BCUT2D eigenvalue weighted by atomic mass is 16.5. The van der Waals surface area contributed by atoms with Crippen molar-refractivity contribution in [2.75, 3.05) is 18.5 Å². The van der Waals surface area contributed by atoms with E-state index in [-0.39, 0.29) is 31.3 Å². The molecule has 2 amide bonds. The van der Waals surface area contributed by atoms with Gasteiger partial charge in [-0.15, -0.1) is 0 Å². The molecule has 0 aromatic heterocycles. The van der Waals surface area contributed by atoms with Gasteiger partial charge in [0.2, 0.25) is 5.91 Å². The average Bonchev–Trinajstić information content (AvgIpc) is 2.71. The van der Waals surface area contributed by atoms with Crippen LogP contribution in [0.2, 0.25) is 0 Å². The molecule has 2 N–H and O–H groups in total. The molecule has 0 bridgehead atoms. The fraction of sp³-hybridized carbons (Fsp3) is 0.318. The molecule has 0 aliphatic heterocycles. The van der Waals surface area contributed by atoms with Crippen LogP contribution in [0.3, 0.4) is 0 Å². The lowest BCUT2D eigenvalue weighted by Crippen LogP contribution is -2.26. The summed E-state index contributed by atoms with van der Waals surface area (Å²) in [5.74, 6) is -0.992. The molecule has 148 valence electrons. The predicted octanol–water partition coefficient (Wildman–Crippen LogP) is 3.33. The van der Waals surface area contributed by atoms with E-state index in [1.807, 2.05) is 37.3 Å². The van der Waals surface area contributed by atoms with Crippen molar-refractivity contribution in [2.45, 2.75) is 32.6 Å². The fourth-order valence-electron chi connectivity index (χ4n) is 2.55. The van der Waals surface area contributed by atoms with Crippen molar-refractivity contribution in [1.29, 1.82) is 0 Å². The van der Waals surface area contributed by atoms with Crippen molar-refractivity contribution in [3.63, 3.8) is 0 Å². The molecule has 0 spiro atoms. The van der Waals surface area contributed by atoms with Crippen molar-refractivity contribution in [2.24, 2.45) is 0 Å². The maximum atomic E-state index is 12.2. The first kappa shape index (κ1) is 21.2. The van der Waals surface area contributed by atoms with E-state index in [4.69, 9.17) is 4.74 Å². The number of esters is 1. The SMILES string of the molecule is CCCNC(=O)c1ccccc1NC(=O)CCC(=O)OCCc1ccccc1. The third kappa shape index (κ3) is 7.23. The van der Waals surface area contributed by atoms with E-state index in [0.717, 1.165) is 12.0 Å². The lowest BCUT2D eigenvalue weighted by atomic mass is 10.1. The average molecular weight is 382 g/mol. The first-order chi connectivity index (χ1) is 13.6. The molecule has 0 heterocycles. The summed E-state index contributed by atoms with van der Waals surface area (Å²) in [6.07, 6.45) is 1.45. The van der Waals surface area contributed by atoms with Crippen LogP contribution in [0, 0.1) is 0 Å². The van der Waals surface area contributed by atoms with E-state index in [0.29, 0.717) is 24.2 Å². The van der Waals surface area contributed by atoms with Gasteiger partial charge < -0.3 is 15.4 Å². The third-order valence-corrected chi connectivity index (χ3v) is 4.03. The molecule has 0 saturated carbocycles. The minimum Gasteiger partial charge on any atom is -0.465 e. The molecule has 0 unspecified atom stereocenters. The van der Waals surface area contributed by atoms with Crippen LogP contribution in [-0.4, -0.2) is 30.9 Å². The van der Waals surface area contributed by atoms with Crippen LogP contribution in [0.5, 0.6) is 0 Å². The molecule has 0 radical (unpaired) electrons. The number of rotatable bonds is 10. The molecular formula is C22H26N2O4. The van der Waals surface area contributed by atoms with E-state index in [1.165, 1.54) is 0 Å². The molecule has 28 heavy (non-hydrogen) atoms. The summed E-state index contributed by atoms with van der Waals surface area (Å²) < 4.78 is 5.17. The van der Waals surface area contributed by atoms with Gasteiger partial charge >= 0.3 is 5.97 Å². The largest absolute Gasteiger partial charge is 0.465 e. The first-order valence-corrected chi connectivity index (χ1v) is 9.46. The van der Waals surface area contributed by atoms with Crippen LogP contribution in [0.15, 0.2) is 54.6 Å². The zero-order chi connectivity index (χ0) is 20.2. The van der Waals surface area contributed by atoms with E-state index >= 15 is 0 Å². The summed E-state index contributed by atoms with van der Waals surface area (Å²) in [7, 11) is 0. The normalized spacial score (nSPS) is 10.2. The molecule has 2 rings (SSSR count). The van der Waals surface area contributed by atoms with Gasteiger partial charge in [0.15, 0.2) is 0 Å². The van der Waals surface area contributed by atoms with E-state index in [9.17, 15) is 14.4 Å². The lowest BCUT2D eigenvalue weighted by Gasteiger charge is -2.11. The predicted molar refractivity (Wildman–Crippen MR) is 108 cm³/mol. The van der Waals surface area contributed by atoms with Gasteiger partial charge in [-0.3, -0.25) is 14.4 Å². The van der Waals surface area contributed by atoms with Gasteiger partial charge in [0.25, 0.3) is 5.91 Å². The highest BCUT2D eigenvalue weighted by molar-refractivity contribution is 6.04. The van der Waals surface area contributed by atoms with Crippen molar-refractivity contribution in [3.05, 3.63) is 65.7 Å². The summed E-state index contributed by atoms with van der Waals surface area (Å²) in [5.41, 5.74) is 1.92. The lowest BCUT2D eigenvalue weighted by molar-refractivity contribution is -0.144. The first-order valence-electron chi connectivity index (χ1n) is 9.46. The second-order valence-electron chi connectivity index (χ2n) is 6.31. The Morgan fingerprint density at radius 1 is 0.929 bits per heavy atom. The van der Waals surface area contributed by atoms with Crippen molar-refractivity contribution in [3.8, 4) is 0 Å². The summed E-state index contributed by atoms with van der Waals surface area (Å²) in [6.45, 7) is 2.81. The van der Waals surface area contributed by atoms with Crippen LogP contribution in [-0.2, 0) is 20.7 Å². The Bertz CT molecular complexity index is 790. The molecule has 0 atom stereocenters. The van der Waals surface area contributed by atoms with Crippen LogP contribution >= 0.6 is 0 Å². The number of ether oxygens (including phenoxy) is 1. The zero-order valence-electron chi connectivity index (χ0n) is 16.1. The van der Waals surface area contributed by atoms with Gasteiger partial charge in [0.1, 0.15) is 0 Å². The van der Waals surface area contributed by atoms with Crippen molar-refractivity contribution < 1.29 is 19.1 Å². The van der Waals surface area contributed by atoms with Gasteiger partial charge in [-0.05, 0) is 24.1 Å². The number of anilines is 1. The van der Waals surface area contributed by atoms with Crippen LogP contribution < -0.4 is 10.6 Å². The number of para-hydroxylation sites is 1. The second kappa shape index (κ2) is 11.5. The summed E-state index contributed by atoms with van der Waals surface area (Å²) >= 11 is 0. The second-order valence-corrected chi connectivity index (χ2v) is 6.31. The third-order valence-electron chi connectivity index (χ3n) is 4.03. The number of hydrogen-bond acceptors (Lipinski definition) is 4. The molecule has 0 aliphatic rings. The number of carbonyl (C=O) groups is 3. The summed E-state index contributed by atoms with van der Waals surface area (Å²) in [5, 5.41) is 5.48. The van der Waals surface area contributed by atoms with E-state index in [2.05, 4.69) is 10.6 Å². The Morgan fingerprint density at radius 3 is 2.39 bits per heavy atom. The molecule has 6 nitrogen and oxygen atoms in total. The van der Waals surface area contributed by atoms with Crippen LogP contribution in [0.25, 0.3) is 0 Å². The Hall–Kier alpha value is -3.15. The van der Waals surface area contributed by atoms with Crippen molar-refractivity contribution in [1.82, 2.24) is 5.32 Å². The molecule has 0 saturated heterocycles. The fourth-order valence-corrected chi connectivity index (χ4v) is 2.55. The quantitative estimate of drug-likeness (QED) is 0.617. The Morgan fingerprint density at radius 2 is 1.64 bits per heavy atom. The maximum Gasteiger partial charge on any atom is 0.306 e. The number of amides is 2. The molecule has 0 aliphatic carbocycles. The Balaban J connectivity index is 1.76. The molecule has 0 fully saturated rings. The Kier molecular flexibility index (Phi) is 8.72. The Labute approximate surface area is 165 Å². The number of nitrogens with one attached hydrogen (secondary N) is 2. The van der Waals surface area contributed by atoms with E-state index in [1.54, 1.807) is 24.3 Å². The highest BCUT2D eigenvalue weighted by Gasteiger charge is 2.14. The molecule has 6 heteroatoms. The number of carbonyl (C=O) groups excluding carboxylic acids is 3. The molecular weight excluding hydrogens is 356 g/mol. The maximum absolute atomic E-state index is 12.2. The summed E-state index contributed by atoms with van der Waals surface area (Å²) in [6, 6.07) is 16.5. The minimum atomic E-state index is -0.417. The van der Waals surface area contributed by atoms with Gasteiger partial charge in [-0.2, -0.15) is 0 Å². The van der Waals surface area contributed by atoms with Gasteiger partial charge in [-0.25, -0.2) is 0 Å². The minimum absolute atomic E-state index is 0.00488.